The lowest BCUT2D eigenvalue weighted by molar-refractivity contribution is 0.102. The molecule has 6 heteroatoms. The number of hydrogen-bond donors (Lipinski definition) is 1. The second-order valence-electron chi connectivity index (χ2n) is 3.91. The molecule has 0 aliphatic carbocycles. The number of hydrogen-bond acceptors (Lipinski definition) is 5. The van der Waals surface area contributed by atoms with E-state index in [4.69, 9.17) is 0 Å². The number of aryl methyl sites for hydroxylation is 1. The van der Waals surface area contributed by atoms with Gasteiger partial charge in [-0.25, -0.2) is 0 Å². The maximum absolute atomic E-state index is 12.0. The largest absolute Gasteiger partial charge is 0.296 e. The predicted molar refractivity (Wildman–Crippen MR) is 80.9 cm³/mol. The molecule has 0 atom stereocenters. The molecule has 1 heterocycles. The van der Waals surface area contributed by atoms with E-state index in [1.165, 1.54) is 16.9 Å². The van der Waals surface area contributed by atoms with Gasteiger partial charge in [0.2, 0.25) is 5.13 Å². The maximum atomic E-state index is 12.0. The minimum Gasteiger partial charge on any atom is -0.296 e. The van der Waals surface area contributed by atoms with Gasteiger partial charge in [0.1, 0.15) is 5.01 Å². The zero-order chi connectivity index (χ0) is 13.7. The minimum absolute atomic E-state index is 0.147. The Morgan fingerprint density at radius 1 is 1.32 bits per heavy atom. The number of amides is 1. The smallest absolute Gasteiger partial charge is 0.257 e. The number of nitrogens with zero attached hydrogens (tertiary/aromatic N) is 2. The van der Waals surface area contributed by atoms with Crippen LogP contribution in [0.2, 0.25) is 0 Å². The number of anilines is 1. The van der Waals surface area contributed by atoms with Crippen molar-refractivity contribution in [2.24, 2.45) is 0 Å². The van der Waals surface area contributed by atoms with Crippen LogP contribution in [0.1, 0.15) is 27.9 Å². The predicted octanol–water partition coefficient (Wildman–Crippen LogP) is 3.35. The third-order valence-corrected chi connectivity index (χ3v) is 4.14. The van der Waals surface area contributed by atoms with Gasteiger partial charge in [-0.05, 0) is 30.4 Å². The van der Waals surface area contributed by atoms with E-state index in [0.717, 1.165) is 16.5 Å². The van der Waals surface area contributed by atoms with Crippen molar-refractivity contribution >= 4 is 34.1 Å². The zero-order valence-electron chi connectivity index (χ0n) is 10.8. The Kier molecular flexibility index (Phi) is 4.93. The minimum atomic E-state index is -0.147. The van der Waals surface area contributed by atoms with Crippen molar-refractivity contribution in [1.29, 1.82) is 0 Å². The molecule has 100 valence electrons. The molecule has 0 radical (unpaired) electrons. The SMILES string of the molecule is CCSCc1ccc(C(=O)Nc2nnc(C)s2)cc1. The highest BCUT2D eigenvalue weighted by Crippen LogP contribution is 2.16. The lowest BCUT2D eigenvalue weighted by Crippen LogP contribution is -2.11. The van der Waals surface area contributed by atoms with Crippen molar-refractivity contribution < 1.29 is 4.79 Å². The highest BCUT2D eigenvalue weighted by molar-refractivity contribution is 7.98. The third kappa shape index (κ3) is 4.04. The van der Waals surface area contributed by atoms with Crippen LogP contribution in [0, 0.1) is 6.92 Å². The molecule has 1 aromatic heterocycles. The Morgan fingerprint density at radius 3 is 2.63 bits per heavy atom. The van der Waals surface area contributed by atoms with Gasteiger partial charge in [0.25, 0.3) is 5.91 Å². The van der Waals surface area contributed by atoms with Crippen LogP contribution in [0.25, 0.3) is 0 Å². The topological polar surface area (TPSA) is 54.9 Å². The first kappa shape index (κ1) is 14.0. The van der Waals surface area contributed by atoms with Gasteiger partial charge in [0, 0.05) is 11.3 Å². The second-order valence-corrected chi connectivity index (χ2v) is 6.37. The average Bonchev–Trinajstić information content (AvgIpc) is 2.82. The summed E-state index contributed by atoms with van der Waals surface area (Å²) in [4.78, 5) is 12.0. The van der Waals surface area contributed by atoms with Gasteiger partial charge >= 0.3 is 0 Å². The summed E-state index contributed by atoms with van der Waals surface area (Å²) in [5.41, 5.74) is 1.87. The van der Waals surface area contributed by atoms with Crippen LogP contribution in [-0.4, -0.2) is 21.9 Å². The van der Waals surface area contributed by atoms with Crippen LogP contribution in [-0.2, 0) is 5.75 Å². The summed E-state index contributed by atoms with van der Waals surface area (Å²) in [6.07, 6.45) is 0. The summed E-state index contributed by atoms with van der Waals surface area (Å²) < 4.78 is 0. The van der Waals surface area contributed by atoms with Crippen molar-refractivity contribution in [3.8, 4) is 0 Å². The maximum Gasteiger partial charge on any atom is 0.257 e. The number of aromatic nitrogens is 2. The first-order valence-corrected chi connectivity index (χ1v) is 7.94. The van der Waals surface area contributed by atoms with E-state index >= 15 is 0 Å². The fourth-order valence-corrected chi connectivity index (χ4v) is 2.71. The van der Waals surface area contributed by atoms with E-state index < -0.39 is 0 Å². The molecule has 1 N–H and O–H groups in total. The quantitative estimate of drug-likeness (QED) is 0.918. The van der Waals surface area contributed by atoms with Crippen molar-refractivity contribution in [3.63, 3.8) is 0 Å². The number of thioether (sulfide) groups is 1. The number of carbonyl (C=O) groups is 1. The van der Waals surface area contributed by atoms with Crippen molar-refractivity contribution in [2.75, 3.05) is 11.1 Å². The summed E-state index contributed by atoms with van der Waals surface area (Å²) in [5, 5.41) is 11.8. The number of rotatable bonds is 5. The van der Waals surface area contributed by atoms with Crippen LogP contribution in [0.5, 0.6) is 0 Å². The summed E-state index contributed by atoms with van der Waals surface area (Å²) in [6, 6.07) is 7.66. The summed E-state index contributed by atoms with van der Waals surface area (Å²) in [7, 11) is 0. The lowest BCUT2D eigenvalue weighted by atomic mass is 10.1. The molecular formula is C13H15N3OS2. The van der Waals surface area contributed by atoms with Crippen LogP contribution >= 0.6 is 23.1 Å². The lowest BCUT2D eigenvalue weighted by Gasteiger charge is -2.03. The summed E-state index contributed by atoms with van der Waals surface area (Å²) in [6.45, 7) is 3.99. The molecule has 2 aromatic rings. The number of nitrogens with one attached hydrogen (secondary N) is 1. The van der Waals surface area contributed by atoms with Gasteiger partial charge in [0.15, 0.2) is 0 Å². The summed E-state index contributed by atoms with van der Waals surface area (Å²) in [5.74, 6) is 1.93. The first-order chi connectivity index (χ1) is 9.19. The molecule has 4 nitrogen and oxygen atoms in total. The van der Waals surface area contributed by atoms with Gasteiger partial charge in [-0.2, -0.15) is 11.8 Å². The van der Waals surface area contributed by atoms with Crippen LogP contribution in [0.3, 0.4) is 0 Å². The van der Waals surface area contributed by atoms with E-state index in [-0.39, 0.29) is 5.91 Å². The molecular weight excluding hydrogens is 278 g/mol. The fraction of sp³-hybridized carbons (Fsp3) is 0.308. The fourth-order valence-electron chi connectivity index (χ4n) is 1.49. The molecule has 0 saturated heterocycles. The molecule has 0 unspecified atom stereocenters. The number of carbonyl (C=O) groups excluding carboxylic acids is 1. The van der Waals surface area contributed by atoms with Crippen LogP contribution < -0.4 is 5.32 Å². The number of benzene rings is 1. The average molecular weight is 293 g/mol. The van der Waals surface area contributed by atoms with Gasteiger partial charge in [-0.3, -0.25) is 10.1 Å². The van der Waals surface area contributed by atoms with E-state index in [9.17, 15) is 4.79 Å². The van der Waals surface area contributed by atoms with Crippen LogP contribution in [0.15, 0.2) is 24.3 Å². The summed E-state index contributed by atoms with van der Waals surface area (Å²) >= 11 is 3.23. The van der Waals surface area contributed by atoms with Crippen molar-refractivity contribution in [1.82, 2.24) is 10.2 Å². The molecule has 1 aromatic carbocycles. The van der Waals surface area contributed by atoms with Gasteiger partial charge in [-0.1, -0.05) is 30.4 Å². The molecule has 19 heavy (non-hydrogen) atoms. The van der Waals surface area contributed by atoms with Gasteiger partial charge < -0.3 is 0 Å². The first-order valence-electron chi connectivity index (χ1n) is 5.97. The normalized spacial score (nSPS) is 10.4. The Hall–Kier alpha value is -1.40. The Morgan fingerprint density at radius 2 is 2.05 bits per heavy atom. The molecule has 0 fully saturated rings. The zero-order valence-corrected chi connectivity index (χ0v) is 12.5. The Labute approximate surface area is 120 Å². The second kappa shape index (κ2) is 6.68. The van der Waals surface area contributed by atoms with E-state index in [1.807, 2.05) is 43.0 Å². The monoisotopic (exact) mass is 293 g/mol. The highest BCUT2D eigenvalue weighted by Gasteiger charge is 2.08. The van der Waals surface area contributed by atoms with E-state index in [2.05, 4.69) is 22.4 Å². The molecule has 2 rings (SSSR count). The van der Waals surface area contributed by atoms with E-state index in [0.29, 0.717) is 10.7 Å². The standard InChI is InChI=1S/C13H15N3OS2/c1-3-18-8-10-4-6-11(7-5-10)12(17)14-13-16-15-9(2)19-13/h4-7H,3,8H2,1-2H3,(H,14,16,17). The van der Waals surface area contributed by atoms with Crippen molar-refractivity contribution in [3.05, 3.63) is 40.4 Å². The molecule has 0 saturated carbocycles. The Bertz CT molecular complexity index is 551. The van der Waals surface area contributed by atoms with Gasteiger partial charge in [0.05, 0.1) is 0 Å². The highest BCUT2D eigenvalue weighted by atomic mass is 32.2. The molecule has 0 spiro atoms. The van der Waals surface area contributed by atoms with Crippen LogP contribution in [0.4, 0.5) is 5.13 Å². The molecule has 1 amide bonds. The van der Waals surface area contributed by atoms with Gasteiger partial charge in [-0.15, -0.1) is 10.2 Å². The van der Waals surface area contributed by atoms with E-state index in [1.54, 1.807) is 0 Å². The molecule has 0 bridgehead atoms. The van der Waals surface area contributed by atoms with Crippen molar-refractivity contribution in [2.45, 2.75) is 19.6 Å². The molecule has 0 aliphatic rings. The Balaban J connectivity index is 1.99. The molecule has 0 aliphatic heterocycles. The third-order valence-electron chi connectivity index (χ3n) is 2.44.